The fourth-order valence-electron chi connectivity index (χ4n) is 1.84. The zero-order valence-corrected chi connectivity index (χ0v) is 8.34. The topological polar surface area (TPSA) is 20.3 Å². The summed E-state index contributed by atoms with van der Waals surface area (Å²) >= 11 is 0. The second-order valence-electron chi connectivity index (χ2n) is 4.11. The molecule has 1 saturated heterocycles. The number of hydrogen-bond acceptors (Lipinski definition) is 1. The lowest BCUT2D eigenvalue weighted by molar-refractivity contribution is -0.130. The molecular formula is C10H19NO. The summed E-state index contributed by atoms with van der Waals surface area (Å²) in [6.45, 7) is 8.11. The van der Waals surface area contributed by atoms with Gasteiger partial charge in [0.15, 0.2) is 0 Å². The fourth-order valence-corrected chi connectivity index (χ4v) is 1.84. The predicted molar refractivity (Wildman–Crippen MR) is 49.8 cm³/mol. The van der Waals surface area contributed by atoms with Crippen molar-refractivity contribution in [1.29, 1.82) is 0 Å². The Hall–Kier alpha value is -0.530. The van der Waals surface area contributed by atoms with Crippen molar-refractivity contribution in [2.75, 3.05) is 13.1 Å². The minimum atomic E-state index is 0.236. The Balaban J connectivity index is 2.46. The molecule has 2 nitrogen and oxygen atoms in total. The third-order valence-electron chi connectivity index (χ3n) is 2.85. The molecule has 0 unspecified atom stereocenters. The van der Waals surface area contributed by atoms with Gasteiger partial charge < -0.3 is 4.90 Å². The molecule has 0 spiro atoms. The summed E-state index contributed by atoms with van der Waals surface area (Å²) in [6.07, 6.45) is 2.48. The molecule has 1 heterocycles. The SMILES string of the molecule is CC(=O)N1CCC[C@@H](C(C)C)C1. The van der Waals surface area contributed by atoms with Crippen molar-refractivity contribution in [2.45, 2.75) is 33.6 Å². The maximum absolute atomic E-state index is 11.1. The van der Waals surface area contributed by atoms with Gasteiger partial charge in [-0.05, 0) is 24.7 Å². The van der Waals surface area contributed by atoms with E-state index in [1.54, 1.807) is 6.92 Å². The summed E-state index contributed by atoms with van der Waals surface area (Å²) in [4.78, 5) is 13.1. The third kappa shape index (κ3) is 2.23. The van der Waals surface area contributed by atoms with Crippen molar-refractivity contribution in [2.24, 2.45) is 11.8 Å². The summed E-state index contributed by atoms with van der Waals surface area (Å²) in [5.41, 5.74) is 0. The van der Waals surface area contributed by atoms with Crippen LogP contribution in [0.3, 0.4) is 0 Å². The maximum atomic E-state index is 11.1. The first-order valence-corrected chi connectivity index (χ1v) is 4.86. The molecule has 0 aromatic heterocycles. The highest BCUT2D eigenvalue weighted by molar-refractivity contribution is 5.73. The number of carbonyl (C=O) groups is 1. The van der Waals surface area contributed by atoms with E-state index in [1.807, 2.05) is 4.90 Å². The molecular weight excluding hydrogens is 150 g/mol. The predicted octanol–water partition coefficient (Wildman–Crippen LogP) is 1.90. The summed E-state index contributed by atoms with van der Waals surface area (Å²) in [5, 5.41) is 0. The van der Waals surface area contributed by atoms with Crippen LogP contribution in [0.1, 0.15) is 33.6 Å². The van der Waals surface area contributed by atoms with E-state index in [9.17, 15) is 4.79 Å². The van der Waals surface area contributed by atoms with Gasteiger partial charge >= 0.3 is 0 Å². The molecule has 1 atom stereocenters. The van der Waals surface area contributed by atoms with Crippen molar-refractivity contribution in [3.63, 3.8) is 0 Å². The Morgan fingerprint density at radius 1 is 1.50 bits per heavy atom. The molecule has 1 rings (SSSR count). The van der Waals surface area contributed by atoms with Crippen LogP contribution < -0.4 is 0 Å². The second kappa shape index (κ2) is 3.92. The Morgan fingerprint density at radius 3 is 2.67 bits per heavy atom. The van der Waals surface area contributed by atoms with E-state index in [4.69, 9.17) is 0 Å². The first-order chi connectivity index (χ1) is 5.61. The molecule has 70 valence electrons. The lowest BCUT2D eigenvalue weighted by Crippen LogP contribution is -2.40. The van der Waals surface area contributed by atoms with Crippen LogP contribution in [0, 0.1) is 11.8 Å². The largest absolute Gasteiger partial charge is 0.343 e. The van der Waals surface area contributed by atoms with E-state index in [0.717, 1.165) is 19.0 Å². The monoisotopic (exact) mass is 169 g/mol. The van der Waals surface area contributed by atoms with Gasteiger partial charge in [-0.15, -0.1) is 0 Å². The van der Waals surface area contributed by atoms with Crippen molar-refractivity contribution >= 4 is 5.91 Å². The van der Waals surface area contributed by atoms with E-state index in [0.29, 0.717) is 5.92 Å². The summed E-state index contributed by atoms with van der Waals surface area (Å²) in [6, 6.07) is 0. The first kappa shape index (κ1) is 9.56. The summed E-state index contributed by atoms with van der Waals surface area (Å²) in [7, 11) is 0. The fraction of sp³-hybridized carbons (Fsp3) is 0.900. The summed E-state index contributed by atoms with van der Waals surface area (Å²) in [5.74, 6) is 1.68. The van der Waals surface area contributed by atoms with Gasteiger partial charge in [-0.25, -0.2) is 0 Å². The zero-order chi connectivity index (χ0) is 9.14. The molecule has 0 aromatic carbocycles. The van der Waals surface area contributed by atoms with E-state index in [1.165, 1.54) is 12.8 Å². The molecule has 1 aliphatic heterocycles. The van der Waals surface area contributed by atoms with Gasteiger partial charge in [0.1, 0.15) is 0 Å². The molecule has 0 radical (unpaired) electrons. The Morgan fingerprint density at radius 2 is 2.17 bits per heavy atom. The standard InChI is InChI=1S/C10H19NO/c1-8(2)10-5-4-6-11(7-10)9(3)12/h8,10H,4-7H2,1-3H3/t10-/m1/s1. The molecule has 12 heavy (non-hydrogen) atoms. The third-order valence-corrected chi connectivity index (χ3v) is 2.85. The average molecular weight is 169 g/mol. The lowest BCUT2D eigenvalue weighted by Gasteiger charge is -2.34. The molecule has 1 aliphatic rings. The minimum absolute atomic E-state index is 0.236. The van der Waals surface area contributed by atoms with Crippen molar-refractivity contribution < 1.29 is 4.79 Å². The van der Waals surface area contributed by atoms with E-state index in [2.05, 4.69) is 13.8 Å². The summed E-state index contributed by atoms with van der Waals surface area (Å²) < 4.78 is 0. The average Bonchev–Trinajstić information content (AvgIpc) is 2.04. The smallest absolute Gasteiger partial charge is 0.219 e. The van der Waals surface area contributed by atoms with Gasteiger partial charge in [0, 0.05) is 20.0 Å². The van der Waals surface area contributed by atoms with Gasteiger partial charge in [0.25, 0.3) is 0 Å². The van der Waals surface area contributed by atoms with Gasteiger partial charge in [-0.1, -0.05) is 13.8 Å². The number of amides is 1. The molecule has 2 heteroatoms. The van der Waals surface area contributed by atoms with Crippen LogP contribution in [0.15, 0.2) is 0 Å². The number of nitrogens with zero attached hydrogens (tertiary/aromatic N) is 1. The molecule has 1 fully saturated rings. The quantitative estimate of drug-likeness (QED) is 0.587. The van der Waals surface area contributed by atoms with Gasteiger partial charge in [-0.3, -0.25) is 4.79 Å². The highest BCUT2D eigenvalue weighted by Crippen LogP contribution is 2.23. The van der Waals surface area contributed by atoms with Crippen molar-refractivity contribution in [3.05, 3.63) is 0 Å². The number of rotatable bonds is 1. The van der Waals surface area contributed by atoms with E-state index >= 15 is 0 Å². The van der Waals surface area contributed by atoms with Crippen LogP contribution in [-0.4, -0.2) is 23.9 Å². The van der Waals surface area contributed by atoms with Crippen LogP contribution in [0.2, 0.25) is 0 Å². The number of hydrogen-bond donors (Lipinski definition) is 0. The van der Waals surface area contributed by atoms with Crippen LogP contribution in [0.4, 0.5) is 0 Å². The molecule has 1 amide bonds. The molecule has 0 aliphatic carbocycles. The molecule has 0 saturated carbocycles. The molecule has 0 aromatic rings. The minimum Gasteiger partial charge on any atom is -0.343 e. The molecule has 0 bridgehead atoms. The second-order valence-corrected chi connectivity index (χ2v) is 4.11. The van der Waals surface area contributed by atoms with E-state index < -0.39 is 0 Å². The molecule has 0 N–H and O–H groups in total. The van der Waals surface area contributed by atoms with Crippen molar-refractivity contribution in [3.8, 4) is 0 Å². The van der Waals surface area contributed by atoms with Gasteiger partial charge in [-0.2, -0.15) is 0 Å². The number of likely N-dealkylation sites (tertiary alicyclic amines) is 1. The van der Waals surface area contributed by atoms with Crippen molar-refractivity contribution in [1.82, 2.24) is 4.90 Å². The van der Waals surface area contributed by atoms with Gasteiger partial charge in [0.2, 0.25) is 5.91 Å². The van der Waals surface area contributed by atoms with Crippen LogP contribution >= 0.6 is 0 Å². The number of carbonyl (C=O) groups excluding carboxylic acids is 1. The van der Waals surface area contributed by atoms with E-state index in [-0.39, 0.29) is 5.91 Å². The highest BCUT2D eigenvalue weighted by atomic mass is 16.2. The highest BCUT2D eigenvalue weighted by Gasteiger charge is 2.23. The maximum Gasteiger partial charge on any atom is 0.219 e. The van der Waals surface area contributed by atoms with Crippen LogP contribution in [0.5, 0.6) is 0 Å². The Labute approximate surface area is 74.9 Å². The van der Waals surface area contributed by atoms with Crippen LogP contribution in [0.25, 0.3) is 0 Å². The van der Waals surface area contributed by atoms with Gasteiger partial charge in [0.05, 0.1) is 0 Å². The van der Waals surface area contributed by atoms with Crippen LogP contribution in [-0.2, 0) is 4.79 Å². The Bertz CT molecular complexity index is 165. The lowest BCUT2D eigenvalue weighted by atomic mass is 9.88. The normalized spacial score (nSPS) is 24.7. The number of piperidine rings is 1. The Kier molecular flexibility index (Phi) is 3.12. The first-order valence-electron chi connectivity index (χ1n) is 4.86. The zero-order valence-electron chi connectivity index (χ0n) is 8.34.